The molecule has 0 aliphatic heterocycles. The molecule has 2 rings (SSSR count). The summed E-state index contributed by atoms with van der Waals surface area (Å²) in [5, 5.41) is 0. The van der Waals surface area contributed by atoms with Crippen LogP contribution >= 0.6 is 27.5 Å². The first-order valence-electron chi connectivity index (χ1n) is 4.97. The van der Waals surface area contributed by atoms with Crippen LogP contribution in [0.5, 0.6) is 11.5 Å². The number of ether oxygens (including phenoxy) is 1. The lowest BCUT2D eigenvalue weighted by Crippen LogP contribution is -1.87. The molecule has 0 N–H and O–H groups in total. The Labute approximate surface area is 112 Å². The fraction of sp³-hybridized carbons (Fsp3) is 0.0769. The van der Waals surface area contributed by atoms with Crippen molar-refractivity contribution in [3.63, 3.8) is 0 Å². The lowest BCUT2D eigenvalue weighted by molar-refractivity contribution is 0.477. The molecule has 0 saturated heterocycles. The van der Waals surface area contributed by atoms with E-state index >= 15 is 0 Å². The van der Waals surface area contributed by atoms with Crippen molar-refractivity contribution in [3.05, 3.63) is 58.3 Å². The van der Waals surface area contributed by atoms with Crippen molar-refractivity contribution >= 4 is 27.5 Å². The normalized spacial score (nSPS) is 10.3. The van der Waals surface area contributed by atoms with Gasteiger partial charge < -0.3 is 4.74 Å². The second-order valence-corrected chi connectivity index (χ2v) is 4.58. The monoisotopic (exact) mass is 314 g/mol. The number of alkyl halides is 1. The molecule has 0 bridgehead atoms. The Balaban J connectivity index is 2.19. The molecular formula is C13H9BrClFO. The minimum absolute atomic E-state index is 0.304. The second kappa shape index (κ2) is 5.52. The molecular weight excluding hydrogens is 306 g/mol. The van der Waals surface area contributed by atoms with Crippen molar-refractivity contribution < 1.29 is 9.13 Å². The van der Waals surface area contributed by atoms with E-state index in [-0.39, 0.29) is 5.82 Å². The summed E-state index contributed by atoms with van der Waals surface area (Å²) in [6, 6.07) is 11.7. The molecule has 0 radical (unpaired) electrons. The van der Waals surface area contributed by atoms with Gasteiger partial charge in [-0.1, -0.05) is 12.1 Å². The largest absolute Gasteiger partial charge is 0.456 e. The van der Waals surface area contributed by atoms with E-state index in [1.807, 2.05) is 24.3 Å². The minimum Gasteiger partial charge on any atom is -0.456 e. The van der Waals surface area contributed by atoms with Gasteiger partial charge in [0, 0.05) is 5.88 Å². The smallest absolute Gasteiger partial charge is 0.141 e. The predicted octanol–water partition coefficient (Wildman–Crippen LogP) is 5.12. The van der Waals surface area contributed by atoms with Crippen LogP contribution < -0.4 is 4.74 Å². The SMILES string of the molecule is Fc1ccc(Oc2ccc(CCl)cc2)c(Br)c1. The number of hydrogen-bond acceptors (Lipinski definition) is 1. The summed E-state index contributed by atoms with van der Waals surface area (Å²) in [4.78, 5) is 0. The summed E-state index contributed by atoms with van der Waals surface area (Å²) in [5.74, 6) is 1.43. The first-order valence-corrected chi connectivity index (χ1v) is 6.29. The molecule has 17 heavy (non-hydrogen) atoms. The molecule has 1 nitrogen and oxygen atoms in total. The van der Waals surface area contributed by atoms with Crippen molar-refractivity contribution in [1.29, 1.82) is 0 Å². The highest BCUT2D eigenvalue weighted by molar-refractivity contribution is 9.10. The fourth-order valence-electron chi connectivity index (χ4n) is 1.33. The highest BCUT2D eigenvalue weighted by Gasteiger charge is 2.04. The van der Waals surface area contributed by atoms with Crippen LogP contribution in [0.2, 0.25) is 0 Å². The van der Waals surface area contributed by atoms with Crippen LogP contribution in [0.15, 0.2) is 46.9 Å². The van der Waals surface area contributed by atoms with Crippen LogP contribution in [0, 0.1) is 5.82 Å². The fourth-order valence-corrected chi connectivity index (χ4v) is 1.94. The van der Waals surface area contributed by atoms with Gasteiger partial charge in [0.15, 0.2) is 0 Å². The maximum absolute atomic E-state index is 12.9. The van der Waals surface area contributed by atoms with Gasteiger partial charge in [0.1, 0.15) is 17.3 Å². The van der Waals surface area contributed by atoms with E-state index in [2.05, 4.69) is 15.9 Å². The van der Waals surface area contributed by atoms with Gasteiger partial charge in [0.25, 0.3) is 0 Å². The molecule has 0 spiro atoms. The van der Waals surface area contributed by atoms with E-state index in [1.165, 1.54) is 12.1 Å². The average molecular weight is 316 g/mol. The number of rotatable bonds is 3. The summed E-state index contributed by atoms with van der Waals surface area (Å²) < 4.78 is 19.1. The van der Waals surface area contributed by atoms with Crippen LogP contribution in [0.4, 0.5) is 4.39 Å². The van der Waals surface area contributed by atoms with Crippen molar-refractivity contribution in [2.24, 2.45) is 0 Å². The molecule has 0 saturated carbocycles. The summed E-state index contributed by atoms with van der Waals surface area (Å²) >= 11 is 8.94. The standard InChI is InChI=1S/C13H9BrClFO/c14-12-7-10(16)3-6-13(12)17-11-4-1-9(8-15)2-5-11/h1-7H,8H2. The third-order valence-electron chi connectivity index (χ3n) is 2.20. The zero-order valence-corrected chi connectivity index (χ0v) is 11.1. The molecule has 0 heterocycles. The van der Waals surface area contributed by atoms with Crippen LogP contribution in [-0.4, -0.2) is 0 Å². The summed E-state index contributed by atoms with van der Waals surface area (Å²) in [6.45, 7) is 0. The molecule has 0 aromatic heterocycles. The Hall–Kier alpha value is -1.06. The molecule has 2 aromatic rings. The molecule has 0 aliphatic carbocycles. The number of halogens is 3. The Kier molecular flexibility index (Phi) is 4.02. The van der Waals surface area contributed by atoms with Gasteiger partial charge in [-0.3, -0.25) is 0 Å². The maximum Gasteiger partial charge on any atom is 0.141 e. The summed E-state index contributed by atoms with van der Waals surface area (Å²) in [7, 11) is 0. The van der Waals surface area contributed by atoms with E-state index < -0.39 is 0 Å². The zero-order valence-electron chi connectivity index (χ0n) is 8.79. The first-order chi connectivity index (χ1) is 8.19. The van der Waals surface area contributed by atoms with Crippen LogP contribution in [0.1, 0.15) is 5.56 Å². The maximum atomic E-state index is 12.9. The lowest BCUT2D eigenvalue weighted by Gasteiger charge is -2.08. The highest BCUT2D eigenvalue weighted by Crippen LogP contribution is 2.30. The van der Waals surface area contributed by atoms with Crippen molar-refractivity contribution in [2.45, 2.75) is 5.88 Å². The average Bonchev–Trinajstić information content (AvgIpc) is 2.34. The van der Waals surface area contributed by atoms with Gasteiger partial charge >= 0.3 is 0 Å². The van der Waals surface area contributed by atoms with E-state index in [1.54, 1.807) is 6.07 Å². The summed E-state index contributed by atoms with van der Waals surface area (Å²) in [5.41, 5.74) is 1.03. The third-order valence-corrected chi connectivity index (χ3v) is 3.13. The van der Waals surface area contributed by atoms with E-state index in [0.29, 0.717) is 21.9 Å². The van der Waals surface area contributed by atoms with Crippen LogP contribution in [0.25, 0.3) is 0 Å². The number of benzene rings is 2. The zero-order chi connectivity index (χ0) is 12.3. The van der Waals surface area contributed by atoms with Gasteiger partial charge in [0.2, 0.25) is 0 Å². The second-order valence-electron chi connectivity index (χ2n) is 3.45. The van der Waals surface area contributed by atoms with Crippen molar-refractivity contribution in [1.82, 2.24) is 0 Å². The van der Waals surface area contributed by atoms with Gasteiger partial charge in [-0.15, -0.1) is 11.6 Å². The predicted molar refractivity (Wildman–Crippen MR) is 70.2 cm³/mol. The molecule has 0 unspecified atom stereocenters. The van der Waals surface area contributed by atoms with Gasteiger partial charge in [-0.2, -0.15) is 0 Å². The Morgan fingerprint density at radius 1 is 1.12 bits per heavy atom. The number of hydrogen-bond donors (Lipinski definition) is 0. The third kappa shape index (κ3) is 3.20. The Morgan fingerprint density at radius 3 is 2.41 bits per heavy atom. The molecule has 0 fully saturated rings. The first kappa shape index (κ1) is 12.4. The molecule has 88 valence electrons. The lowest BCUT2D eigenvalue weighted by atomic mass is 10.2. The molecule has 0 amide bonds. The molecule has 0 aliphatic rings. The Morgan fingerprint density at radius 2 is 1.82 bits per heavy atom. The van der Waals surface area contributed by atoms with Gasteiger partial charge in [-0.05, 0) is 51.8 Å². The highest BCUT2D eigenvalue weighted by atomic mass is 79.9. The van der Waals surface area contributed by atoms with E-state index in [9.17, 15) is 4.39 Å². The van der Waals surface area contributed by atoms with Gasteiger partial charge in [0.05, 0.1) is 4.47 Å². The van der Waals surface area contributed by atoms with Crippen molar-refractivity contribution in [3.8, 4) is 11.5 Å². The Bertz CT molecular complexity index is 513. The minimum atomic E-state index is -0.304. The van der Waals surface area contributed by atoms with Crippen LogP contribution in [-0.2, 0) is 5.88 Å². The molecule has 0 atom stereocenters. The van der Waals surface area contributed by atoms with Crippen LogP contribution in [0.3, 0.4) is 0 Å². The molecule has 2 aromatic carbocycles. The summed E-state index contributed by atoms with van der Waals surface area (Å²) in [6.07, 6.45) is 0. The topological polar surface area (TPSA) is 9.23 Å². The van der Waals surface area contributed by atoms with Crippen molar-refractivity contribution in [2.75, 3.05) is 0 Å². The quantitative estimate of drug-likeness (QED) is 0.714. The van der Waals surface area contributed by atoms with Gasteiger partial charge in [-0.25, -0.2) is 4.39 Å². The molecule has 4 heteroatoms. The van der Waals surface area contributed by atoms with E-state index in [4.69, 9.17) is 16.3 Å². The van der Waals surface area contributed by atoms with E-state index in [0.717, 1.165) is 5.56 Å².